The molecule has 0 saturated heterocycles. The average Bonchev–Trinajstić information content (AvgIpc) is 2.50. The molecule has 134 valence electrons. The number of aromatic nitrogens is 3. The second-order valence-corrected chi connectivity index (χ2v) is 6.62. The van der Waals surface area contributed by atoms with Gasteiger partial charge in [-0.2, -0.15) is 0 Å². The van der Waals surface area contributed by atoms with E-state index in [1.54, 1.807) is 12.1 Å². The number of pyridine rings is 1. The van der Waals surface area contributed by atoms with E-state index in [9.17, 15) is 4.79 Å². The van der Waals surface area contributed by atoms with Crippen molar-refractivity contribution in [2.45, 2.75) is 40.2 Å². The molecule has 2 aromatic heterocycles. The number of ether oxygens (including phenoxy) is 2. The van der Waals surface area contributed by atoms with Crippen molar-refractivity contribution in [3.05, 3.63) is 41.3 Å². The second kappa shape index (κ2) is 8.02. The summed E-state index contributed by atoms with van der Waals surface area (Å²) in [6.45, 7) is 10.5. The molecule has 0 fully saturated rings. The predicted octanol–water partition coefficient (Wildman–Crippen LogP) is 2.93. The molecular formula is C18H24N4O3. The lowest BCUT2D eigenvalue weighted by molar-refractivity contribution is -0.0168. The molecule has 2 heterocycles. The van der Waals surface area contributed by atoms with Gasteiger partial charge in [0.05, 0.1) is 17.8 Å². The monoisotopic (exact) mass is 344 g/mol. The molecule has 2 aromatic rings. The minimum absolute atomic E-state index is 0.199. The van der Waals surface area contributed by atoms with E-state index in [1.807, 2.05) is 40.7 Å². The molecule has 7 heteroatoms. The Morgan fingerprint density at radius 1 is 1.12 bits per heavy atom. The van der Waals surface area contributed by atoms with Gasteiger partial charge < -0.3 is 9.47 Å². The van der Waals surface area contributed by atoms with Crippen molar-refractivity contribution in [1.82, 2.24) is 15.0 Å². The van der Waals surface area contributed by atoms with Gasteiger partial charge in [0.1, 0.15) is 6.61 Å². The van der Waals surface area contributed by atoms with Crippen LogP contribution in [0.25, 0.3) is 0 Å². The summed E-state index contributed by atoms with van der Waals surface area (Å²) in [7, 11) is 0. The number of carbonyl (C=O) groups excluding carboxylic acids is 1. The molecule has 1 amide bonds. The lowest BCUT2D eigenvalue weighted by Gasteiger charge is -2.19. The molecule has 0 radical (unpaired) electrons. The van der Waals surface area contributed by atoms with Crippen molar-refractivity contribution in [2.75, 3.05) is 18.5 Å². The van der Waals surface area contributed by atoms with Gasteiger partial charge in [0, 0.05) is 23.7 Å². The lowest BCUT2D eigenvalue weighted by atomic mass is 10.2. The Hall–Kier alpha value is -2.54. The molecule has 0 saturated carbocycles. The number of nitrogens with zero attached hydrogens (tertiary/aromatic N) is 3. The van der Waals surface area contributed by atoms with Crippen molar-refractivity contribution < 1.29 is 14.3 Å². The summed E-state index contributed by atoms with van der Waals surface area (Å²) in [6, 6.07) is 5.13. The molecule has 0 atom stereocenters. The normalized spacial score (nSPS) is 11.2. The van der Waals surface area contributed by atoms with E-state index in [4.69, 9.17) is 9.47 Å². The van der Waals surface area contributed by atoms with E-state index >= 15 is 0 Å². The third-order valence-corrected chi connectivity index (χ3v) is 3.07. The molecule has 0 bridgehead atoms. The SMILES string of the molecule is Cc1cc(C)nc(NC(=O)c2ccc(OCCOC(C)(C)C)nc2)n1. The largest absolute Gasteiger partial charge is 0.475 e. The summed E-state index contributed by atoms with van der Waals surface area (Å²) in [6.07, 6.45) is 1.46. The van der Waals surface area contributed by atoms with Crippen LogP contribution < -0.4 is 10.1 Å². The van der Waals surface area contributed by atoms with Crippen LogP contribution >= 0.6 is 0 Å². The van der Waals surface area contributed by atoms with Crippen LogP contribution in [0.3, 0.4) is 0 Å². The molecule has 0 spiro atoms. The summed E-state index contributed by atoms with van der Waals surface area (Å²) in [5.41, 5.74) is 1.79. The van der Waals surface area contributed by atoms with Crippen LogP contribution in [0, 0.1) is 13.8 Å². The highest BCUT2D eigenvalue weighted by Gasteiger charge is 2.11. The molecule has 7 nitrogen and oxygen atoms in total. The highest BCUT2D eigenvalue weighted by Crippen LogP contribution is 2.11. The Balaban J connectivity index is 1.89. The number of anilines is 1. The third kappa shape index (κ3) is 6.46. The quantitative estimate of drug-likeness (QED) is 0.811. The van der Waals surface area contributed by atoms with Gasteiger partial charge >= 0.3 is 0 Å². The Kier molecular flexibility index (Phi) is 6.03. The van der Waals surface area contributed by atoms with E-state index in [-0.39, 0.29) is 17.5 Å². The first-order chi connectivity index (χ1) is 11.7. The summed E-state index contributed by atoms with van der Waals surface area (Å²) in [5, 5.41) is 2.67. The summed E-state index contributed by atoms with van der Waals surface area (Å²) in [4.78, 5) is 24.7. The van der Waals surface area contributed by atoms with E-state index in [1.165, 1.54) is 6.20 Å². The van der Waals surface area contributed by atoms with Crippen LogP contribution in [0.1, 0.15) is 42.5 Å². The first kappa shape index (κ1) is 18.8. The Morgan fingerprint density at radius 2 is 1.80 bits per heavy atom. The van der Waals surface area contributed by atoms with Crippen LogP contribution in [0.15, 0.2) is 24.4 Å². The smallest absolute Gasteiger partial charge is 0.259 e. The van der Waals surface area contributed by atoms with Gasteiger partial charge in [0.25, 0.3) is 5.91 Å². The van der Waals surface area contributed by atoms with Crippen LogP contribution in [0.2, 0.25) is 0 Å². The zero-order valence-corrected chi connectivity index (χ0v) is 15.3. The fourth-order valence-corrected chi connectivity index (χ4v) is 2.05. The number of carbonyl (C=O) groups is 1. The van der Waals surface area contributed by atoms with E-state index in [2.05, 4.69) is 20.3 Å². The minimum Gasteiger partial charge on any atom is -0.475 e. The van der Waals surface area contributed by atoms with E-state index < -0.39 is 0 Å². The van der Waals surface area contributed by atoms with Crippen molar-refractivity contribution in [3.8, 4) is 5.88 Å². The van der Waals surface area contributed by atoms with Crippen molar-refractivity contribution >= 4 is 11.9 Å². The van der Waals surface area contributed by atoms with Crippen molar-refractivity contribution in [1.29, 1.82) is 0 Å². The number of hydrogen-bond donors (Lipinski definition) is 1. The molecule has 2 rings (SSSR count). The second-order valence-electron chi connectivity index (χ2n) is 6.62. The maximum absolute atomic E-state index is 12.2. The van der Waals surface area contributed by atoms with E-state index in [0.717, 1.165) is 11.4 Å². The standard InChI is InChI=1S/C18H24N4O3/c1-12-10-13(2)21-17(20-12)22-16(23)14-6-7-15(19-11-14)24-8-9-25-18(3,4)5/h6-7,10-11H,8-9H2,1-5H3,(H,20,21,22,23). The van der Waals surface area contributed by atoms with Gasteiger partial charge in [-0.25, -0.2) is 15.0 Å². The van der Waals surface area contributed by atoms with Gasteiger partial charge in [-0.3, -0.25) is 10.1 Å². The van der Waals surface area contributed by atoms with Crippen LogP contribution in [-0.4, -0.2) is 39.7 Å². The average molecular weight is 344 g/mol. The van der Waals surface area contributed by atoms with Crippen LogP contribution in [0.4, 0.5) is 5.95 Å². The molecule has 0 aliphatic rings. The number of aryl methyl sites for hydroxylation is 2. The Morgan fingerprint density at radius 3 is 2.36 bits per heavy atom. The molecule has 0 aliphatic heterocycles. The highest BCUT2D eigenvalue weighted by atomic mass is 16.5. The van der Waals surface area contributed by atoms with Gasteiger partial charge in [0.2, 0.25) is 11.8 Å². The van der Waals surface area contributed by atoms with Gasteiger partial charge in [-0.1, -0.05) is 0 Å². The fourth-order valence-electron chi connectivity index (χ4n) is 2.05. The topological polar surface area (TPSA) is 86.2 Å². The number of amides is 1. The Bertz CT molecular complexity index is 704. The van der Waals surface area contributed by atoms with E-state index in [0.29, 0.717) is 24.7 Å². The van der Waals surface area contributed by atoms with Gasteiger partial charge in [0.15, 0.2) is 0 Å². The third-order valence-electron chi connectivity index (χ3n) is 3.07. The number of hydrogen-bond acceptors (Lipinski definition) is 6. The summed E-state index contributed by atoms with van der Waals surface area (Å²) in [5.74, 6) is 0.402. The first-order valence-corrected chi connectivity index (χ1v) is 8.09. The maximum Gasteiger partial charge on any atom is 0.259 e. The van der Waals surface area contributed by atoms with Crippen molar-refractivity contribution in [3.63, 3.8) is 0 Å². The zero-order valence-electron chi connectivity index (χ0n) is 15.3. The van der Waals surface area contributed by atoms with Crippen LogP contribution in [0.5, 0.6) is 5.88 Å². The lowest BCUT2D eigenvalue weighted by Crippen LogP contribution is -2.22. The minimum atomic E-state index is -0.319. The van der Waals surface area contributed by atoms with Gasteiger partial charge in [-0.05, 0) is 46.8 Å². The number of rotatable bonds is 6. The van der Waals surface area contributed by atoms with Gasteiger partial charge in [-0.15, -0.1) is 0 Å². The fraction of sp³-hybridized carbons (Fsp3) is 0.444. The number of nitrogens with one attached hydrogen (secondary N) is 1. The summed E-state index contributed by atoms with van der Waals surface area (Å²) >= 11 is 0. The molecule has 0 aromatic carbocycles. The van der Waals surface area contributed by atoms with Crippen molar-refractivity contribution in [2.24, 2.45) is 0 Å². The molecule has 0 aliphatic carbocycles. The summed E-state index contributed by atoms with van der Waals surface area (Å²) < 4.78 is 11.1. The maximum atomic E-state index is 12.2. The Labute approximate surface area is 147 Å². The molecule has 0 unspecified atom stereocenters. The molecule has 25 heavy (non-hydrogen) atoms. The highest BCUT2D eigenvalue weighted by molar-refractivity contribution is 6.03. The zero-order chi connectivity index (χ0) is 18.4. The molecular weight excluding hydrogens is 320 g/mol. The predicted molar refractivity (Wildman–Crippen MR) is 94.9 cm³/mol. The van der Waals surface area contributed by atoms with Crippen LogP contribution in [-0.2, 0) is 4.74 Å². The molecule has 1 N–H and O–H groups in total. The first-order valence-electron chi connectivity index (χ1n) is 8.09.